The van der Waals surface area contributed by atoms with Gasteiger partial charge >= 0.3 is 0 Å². The van der Waals surface area contributed by atoms with Crippen LogP contribution < -0.4 is 11.1 Å². The van der Waals surface area contributed by atoms with E-state index >= 15 is 0 Å². The van der Waals surface area contributed by atoms with Crippen LogP contribution in [0.4, 0.5) is 5.69 Å². The third-order valence-corrected chi connectivity index (χ3v) is 6.52. The third kappa shape index (κ3) is 5.66. The number of rotatable bonds is 5. The van der Waals surface area contributed by atoms with E-state index < -0.39 is 10.0 Å². The van der Waals surface area contributed by atoms with Crippen LogP contribution in [0.15, 0.2) is 64.5 Å². The van der Waals surface area contributed by atoms with E-state index in [0.717, 1.165) is 18.8 Å². The molecule has 1 aliphatic rings. The monoisotopic (exact) mass is 515 g/mol. The molecule has 1 aliphatic heterocycles. The highest BCUT2D eigenvalue weighted by Crippen LogP contribution is 2.22. The normalized spacial score (nSPS) is 16.4. The van der Waals surface area contributed by atoms with Crippen molar-refractivity contribution >= 4 is 45.6 Å². The summed E-state index contributed by atoms with van der Waals surface area (Å²) in [6.07, 6.45) is 0. The summed E-state index contributed by atoms with van der Waals surface area (Å²) in [5, 5.41) is 3.00. The first-order valence-corrected chi connectivity index (χ1v) is 10.3. The molecule has 1 fully saturated rings. The number of benzene rings is 2. The van der Waals surface area contributed by atoms with Crippen molar-refractivity contribution in [2.75, 3.05) is 38.5 Å². The predicted octanol–water partition coefficient (Wildman–Crippen LogP) is 2.17. The summed E-state index contributed by atoms with van der Waals surface area (Å²) in [5.74, 6) is 0.244. The van der Waals surface area contributed by atoms with Gasteiger partial charge in [-0.05, 0) is 30.8 Å². The van der Waals surface area contributed by atoms with E-state index in [4.69, 9.17) is 5.73 Å². The molecule has 2 aromatic rings. The van der Waals surface area contributed by atoms with E-state index in [9.17, 15) is 8.42 Å². The van der Waals surface area contributed by atoms with Crippen LogP contribution in [0.3, 0.4) is 0 Å². The van der Waals surface area contributed by atoms with Crippen molar-refractivity contribution < 1.29 is 8.42 Å². The van der Waals surface area contributed by atoms with E-state index in [1.54, 1.807) is 22.5 Å². The zero-order chi connectivity index (χ0) is 19.3. The lowest BCUT2D eigenvalue weighted by atomic mass is 10.2. The second kappa shape index (κ2) is 10.2. The summed E-state index contributed by atoms with van der Waals surface area (Å²) in [5.41, 5.74) is 7.41. The Morgan fingerprint density at radius 2 is 1.64 bits per heavy atom. The predicted molar refractivity (Wildman–Crippen MR) is 124 cm³/mol. The van der Waals surface area contributed by atoms with Crippen LogP contribution in [0.1, 0.15) is 5.56 Å². The summed E-state index contributed by atoms with van der Waals surface area (Å²) in [4.78, 5) is 6.73. The molecule has 3 N–H and O–H groups in total. The Balaban J connectivity index is 0.00000280. The second-order valence-electron chi connectivity index (χ2n) is 6.51. The van der Waals surface area contributed by atoms with Crippen molar-refractivity contribution in [2.24, 2.45) is 10.7 Å². The Hall–Kier alpha value is -1.69. The number of anilines is 1. The number of aliphatic imine (C=N–C) groups is 1. The maximum absolute atomic E-state index is 13.1. The molecule has 0 aliphatic carbocycles. The molecule has 1 heterocycles. The van der Waals surface area contributed by atoms with Gasteiger partial charge in [0.2, 0.25) is 10.0 Å². The van der Waals surface area contributed by atoms with E-state index in [1.807, 2.05) is 43.4 Å². The first-order valence-electron chi connectivity index (χ1n) is 8.85. The standard InChI is InChI=1S/C19H25N5O2S.HI/c1-23-11-13-24(14-12-23)27(25,26)18-10-6-5-7-16(18)15-21-19(20)22-17-8-3-2-4-9-17;/h2-10H,11-15H2,1H3,(H3,20,21,22);1H. The zero-order valence-corrected chi connectivity index (χ0v) is 18.9. The van der Waals surface area contributed by atoms with Gasteiger partial charge in [0, 0.05) is 31.9 Å². The van der Waals surface area contributed by atoms with Crippen molar-refractivity contribution in [1.82, 2.24) is 9.21 Å². The summed E-state index contributed by atoms with van der Waals surface area (Å²) < 4.78 is 27.7. The van der Waals surface area contributed by atoms with Crippen molar-refractivity contribution in [3.05, 3.63) is 60.2 Å². The van der Waals surface area contributed by atoms with Gasteiger partial charge in [-0.25, -0.2) is 13.4 Å². The van der Waals surface area contributed by atoms with Crippen LogP contribution in [0.5, 0.6) is 0 Å². The fourth-order valence-electron chi connectivity index (χ4n) is 2.93. The molecule has 0 saturated carbocycles. The number of para-hydroxylation sites is 1. The van der Waals surface area contributed by atoms with Crippen LogP contribution in [0.2, 0.25) is 0 Å². The van der Waals surface area contributed by atoms with Crippen LogP contribution >= 0.6 is 24.0 Å². The molecule has 0 unspecified atom stereocenters. The van der Waals surface area contributed by atoms with Gasteiger partial charge in [-0.3, -0.25) is 0 Å². The van der Waals surface area contributed by atoms with Crippen LogP contribution in [0.25, 0.3) is 0 Å². The summed E-state index contributed by atoms with van der Waals surface area (Å²) in [7, 11) is -1.55. The summed E-state index contributed by atoms with van der Waals surface area (Å²) >= 11 is 0. The molecular formula is C19H26IN5O2S. The fourth-order valence-corrected chi connectivity index (χ4v) is 4.57. The van der Waals surface area contributed by atoms with Gasteiger partial charge < -0.3 is 16.0 Å². The van der Waals surface area contributed by atoms with Gasteiger partial charge in [0.05, 0.1) is 11.4 Å². The molecule has 0 radical (unpaired) electrons. The Kier molecular flexibility index (Phi) is 8.23. The highest BCUT2D eigenvalue weighted by Gasteiger charge is 2.29. The molecule has 2 aromatic carbocycles. The van der Waals surface area contributed by atoms with Gasteiger partial charge in [0.1, 0.15) is 0 Å². The number of piperazine rings is 1. The first kappa shape index (κ1) is 22.6. The average Bonchev–Trinajstić information content (AvgIpc) is 2.68. The number of likely N-dealkylation sites (N-methyl/N-ethyl adjacent to an activating group) is 1. The van der Waals surface area contributed by atoms with Crippen molar-refractivity contribution in [3.8, 4) is 0 Å². The largest absolute Gasteiger partial charge is 0.370 e. The molecule has 3 rings (SSSR count). The number of nitrogens with zero attached hydrogens (tertiary/aromatic N) is 3. The Morgan fingerprint density at radius 3 is 2.32 bits per heavy atom. The lowest BCUT2D eigenvalue weighted by Crippen LogP contribution is -2.47. The number of halogens is 1. The summed E-state index contributed by atoms with van der Waals surface area (Å²) in [6.45, 7) is 2.64. The highest BCUT2D eigenvalue weighted by molar-refractivity contribution is 14.0. The van der Waals surface area contributed by atoms with Gasteiger partial charge in [-0.2, -0.15) is 4.31 Å². The number of sulfonamides is 1. The Bertz CT molecular complexity index is 898. The molecule has 0 bridgehead atoms. The van der Waals surface area contributed by atoms with Crippen molar-refractivity contribution in [3.63, 3.8) is 0 Å². The zero-order valence-electron chi connectivity index (χ0n) is 15.8. The van der Waals surface area contributed by atoms with Crippen molar-refractivity contribution in [2.45, 2.75) is 11.4 Å². The quantitative estimate of drug-likeness (QED) is 0.362. The minimum absolute atomic E-state index is 0. The van der Waals surface area contributed by atoms with Gasteiger partial charge in [0.25, 0.3) is 0 Å². The minimum Gasteiger partial charge on any atom is -0.370 e. The molecule has 28 heavy (non-hydrogen) atoms. The smallest absolute Gasteiger partial charge is 0.243 e. The topological polar surface area (TPSA) is 91.0 Å². The van der Waals surface area contributed by atoms with Gasteiger partial charge in [-0.1, -0.05) is 36.4 Å². The second-order valence-corrected chi connectivity index (χ2v) is 8.41. The number of guanidine groups is 1. The lowest BCUT2D eigenvalue weighted by Gasteiger charge is -2.32. The Labute approximate surface area is 183 Å². The Morgan fingerprint density at radius 1 is 1.04 bits per heavy atom. The maximum Gasteiger partial charge on any atom is 0.243 e. The molecule has 9 heteroatoms. The first-order chi connectivity index (χ1) is 13.0. The SMILES string of the molecule is CN1CCN(S(=O)(=O)c2ccccc2CN=C(N)Nc2ccccc2)CC1.I. The van der Waals surface area contributed by atoms with Gasteiger partial charge in [0.15, 0.2) is 5.96 Å². The van der Waals surface area contributed by atoms with E-state index in [2.05, 4.69) is 15.2 Å². The number of nitrogens with one attached hydrogen (secondary N) is 1. The van der Waals surface area contributed by atoms with E-state index in [1.165, 1.54) is 0 Å². The molecule has 152 valence electrons. The average molecular weight is 515 g/mol. The molecule has 1 saturated heterocycles. The van der Waals surface area contributed by atoms with Crippen LogP contribution in [-0.2, 0) is 16.6 Å². The molecule has 0 aromatic heterocycles. The van der Waals surface area contributed by atoms with Crippen LogP contribution in [0, 0.1) is 0 Å². The van der Waals surface area contributed by atoms with E-state index in [-0.39, 0.29) is 36.5 Å². The number of hydrogen-bond donors (Lipinski definition) is 2. The molecular weight excluding hydrogens is 489 g/mol. The summed E-state index contributed by atoms with van der Waals surface area (Å²) in [6, 6.07) is 16.4. The van der Waals surface area contributed by atoms with E-state index in [0.29, 0.717) is 23.5 Å². The van der Waals surface area contributed by atoms with Crippen LogP contribution in [-0.4, -0.2) is 56.8 Å². The number of hydrogen-bond acceptors (Lipinski definition) is 4. The maximum atomic E-state index is 13.1. The molecule has 0 amide bonds. The fraction of sp³-hybridized carbons (Fsp3) is 0.316. The molecule has 0 atom stereocenters. The molecule has 0 spiro atoms. The lowest BCUT2D eigenvalue weighted by molar-refractivity contribution is 0.222. The highest BCUT2D eigenvalue weighted by atomic mass is 127. The number of nitrogens with two attached hydrogens (primary N) is 1. The minimum atomic E-state index is -3.55. The van der Waals surface area contributed by atoms with Crippen molar-refractivity contribution in [1.29, 1.82) is 0 Å². The third-order valence-electron chi connectivity index (χ3n) is 4.52. The molecule has 7 nitrogen and oxygen atoms in total. The van der Waals surface area contributed by atoms with Gasteiger partial charge in [-0.15, -0.1) is 24.0 Å².